The number of nitrogens with zero attached hydrogens (tertiary/aromatic N) is 4. The molecule has 11 heteroatoms. The number of aromatic nitrogens is 4. The lowest BCUT2D eigenvalue weighted by atomic mass is 10.0. The third kappa shape index (κ3) is 4.47. The molecule has 0 fully saturated rings. The van der Waals surface area contributed by atoms with Crippen molar-refractivity contribution in [2.45, 2.75) is 12.3 Å². The Hall–Kier alpha value is -3.34. The van der Waals surface area contributed by atoms with Crippen LogP contribution in [0.4, 0.5) is 24.8 Å². The first-order valence-electron chi connectivity index (χ1n) is 9.26. The Kier molecular flexibility index (Phi) is 5.92. The summed E-state index contributed by atoms with van der Waals surface area (Å²) in [4.78, 5) is 8.07. The van der Waals surface area contributed by atoms with Gasteiger partial charge in [-0.3, -0.25) is 4.98 Å². The van der Waals surface area contributed by atoms with Crippen LogP contribution in [0.5, 0.6) is 0 Å². The second-order valence-corrected chi connectivity index (χ2v) is 7.25. The van der Waals surface area contributed by atoms with E-state index >= 15 is 0 Å². The maximum Gasteiger partial charge on any atom is 0.417 e. The molecule has 1 atom stereocenters. The molecule has 1 aromatic carbocycles. The zero-order chi connectivity index (χ0) is 22.9. The number of hydrogen-bond donors (Lipinski definition) is 3. The van der Waals surface area contributed by atoms with Gasteiger partial charge in [0.05, 0.1) is 29.1 Å². The molecule has 0 aliphatic rings. The molecule has 4 aromatic rings. The number of halogens is 4. The molecule has 3 N–H and O–H groups in total. The number of nitrogens with one attached hydrogen (secondary N) is 1. The molecule has 0 aliphatic carbocycles. The van der Waals surface area contributed by atoms with E-state index in [-0.39, 0.29) is 5.82 Å². The fourth-order valence-electron chi connectivity index (χ4n) is 3.04. The van der Waals surface area contributed by atoms with Crippen molar-refractivity contribution in [2.24, 2.45) is 0 Å². The topological polar surface area (TPSA) is 104 Å². The highest BCUT2D eigenvalue weighted by atomic mass is 35.5. The molecule has 4 rings (SSSR count). The van der Waals surface area contributed by atoms with Crippen LogP contribution in [0, 0.1) is 0 Å². The Labute approximate surface area is 184 Å². The fraction of sp³-hybridized carbons (Fsp3) is 0.143. The lowest BCUT2D eigenvalue weighted by Crippen LogP contribution is -2.06. The second-order valence-electron chi connectivity index (χ2n) is 6.85. The van der Waals surface area contributed by atoms with Gasteiger partial charge in [0.15, 0.2) is 5.82 Å². The molecule has 0 saturated heterocycles. The van der Waals surface area contributed by atoms with E-state index in [4.69, 9.17) is 16.7 Å². The first kappa shape index (κ1) is 21.9. The zero-order valence-corrected chi connectivity index (χ0v) is 16.9. The van der Waals surface area contributed by atoms with E-state index < -0.39 is 24.5 Å². The summed E-state index contributed by atoms with van der Waals surface area (Å²) in [6.45, 7) is -0.449. The van der Waals surface area contributed by atoms with Crippen molar-refractivity contribution in [3.63, 3.8) is 0 Å². The van der Waals surface area contributed by atoms with Gasteiger partial charge in [-0.05, 0) is 30.3 Å². The maximum absolute atomic E-state index is 12.7. The molecule has 3 heterocycles. The predicted molar refractivity (Wildman–Crippen MR) is 112 cm³/mol. The van der Waals surface area contributed by atoms with Crippen LogP contribution in [-0.4, -0.2) is 37.0 Å². The Bertz CT molecular complexity index is 1270. The number of aliphatic hydroxyl groups excluding tert-OH is 2. The van der Waals surface area contributed by atoms with Gasteiger partial charge < -0.3 is 15.5 Å². The van der Waals surface area contributed by atoms with E-state index in [2.05, 4.69) is 25.5 Å². The van der Waals surface area contributed by atoms with Gasteiger partial charge in [-0.2, -0.15) is 18.3 Å². The highest BCUT2D eigenvalue weighted by Crippen LogP contribution is 2.33. The molecule has 0 amide bonds. The average molecular weight is 462 g/mol. The third-order valence-electron chi connectivity index (χ3n) is 4.69. The summed E-state index contributed by atoms with van der Waals surface area (Å²) in [7, 11) is 0. The first-order valence-corrected chi connectivity index (χ1v) is 9.64. The number of fused-ring (bicyclic) bond motifs is 1. The summed E-state index contributed by atoms with van der Waals surface area (Å²) < 4.78 is 38.2. The smallest absolute Gasteiger partial charge is 0.393 e. The molecule has 3 aromatic heterocycles. The van der Waals surface area contributed by atoms with E-state index in [0.717, 1.165) is 12.3 Å². The maximum atomic E-state index is 12.7. The molecule has 164 valence electrons. The molecular weight excluding hydrogens is 447 g/mol. The van der Waals surface area contributed by atoms with Crippen molar-refractivity contribution in [1.29, 1.82) is 0 Å². The van der Waals surface area contributed by atoms with E-state index in [1.54, 1.807) is 18.2 Å². The van der Waals surface area contributed by atoms with Crippen LogP contribution in [0.2, 0.25) is 5.02 Å². The molecule has 0 spiro atoms. The first-order chi connectivity index (χ1) is 15.3. The number of anilines is 2. The average Bonchev–Trinajstić information content (AvgIpc) is 2.78. The van der Waals surface area contributed by atoms with E-state index in [9.17, 15) is 18.3 Å². The third-order valence-corrected chi connectivity index (χ3v) is 4.98. The van der Waals surface area contributed by atoms with Crippen molar-refractivity contribution < 1.29 is 23.4 Å². The number of alkyl halides is 3. The van der Waals surface area contributed by atoms with Crippen LogP contribution in [0.25, 0.3) is 22.0 Å². The number of rotatable bonds is 5. The minimum absolute atomic E-state index is 0.187. The summed E-state index contributed by atoms with van der Waals surface area (Å²) in [5.74, 6) is 0.508. The molecule has 0 radical (unpaired) electrons. The Morgan fingerprint density at radius 3 is 2.50 bits per heavy atom. The van der Waals surface area contributed by atoms with E-state index in [1.807, 2.05) is 0 Å². The fourth-order valence-corrected chi connectivity index (χ4v) is 3.32. The van der Waals surface area contributed by atoms with Gasteiger partial charge in [0.25, 0.3) is 0 Å². The SMILES string of the molecule is OC[C@@H](O)c1cnc(-c2ccc3c(Nc4ccc(C(F)(F)F)cn4)nncc3c2)c(Cl)c1. The van der Waals surface area contributed by atoms with Crippen LogP contribution in [0.3, 0.4) is 0 Å². The van der Waals surface area contributed by atoms with E-state index in [0.29, 0.717) is 38.4 Å². The molecule has 0 saturated carbocycles. The van der Waals surface area contributed by atoms with Crippen LogP contribution in [0.1, 0.15) is 17.2 Å². The van der Waals surface area contributed by atoms with Gasteiger partial charge in [0, 0.05) is 34.3 Å². The minimum Gasteiger partial charge on any atom is -0.393 e. The lowest BCUT2D eigenvalue weighted by molar-refractivity contribution is -0.137. The molecule has 7 nitrogen and oxygen atoms in total. The monoisotopic (exact) mass is 461 g/mol. The van der Waals surface area contributed by atoms with Crippen molar-refractivity contribution in [3.8, 4) is 11.3 Å². The number of aliphatic hydroxyl groups is 2. The number of benzene rings is 1. The molecule has 0 unspecified atom stereocenters. The molecular formula is C21H15ClF3N5O2. The van der Waals surface area contributed by atoms with Gasteiger partial charge in [-0.1, -0.05) is 17.7 Å². The summed E-state index contributed by atoms with van der Waals surface area (Å²) in [5, 5.41) is 31.3. The van der Waals surface area contributed by atoms with Gasteiger partial charge in [0.2, 0.25) is 0 Å². The lowest BCUT2D eigenvalue weighted by Gasteiger charge is -2.12. The number of pyridine rings is 2. The van der Waals surface area contributed by atoms with Gasteiger partial charge in [0.1, 0.15) is 11.9 Å². The molecule has 0 bridgehead atoms. The normalized spacial score (nSPS) is 12.7. The van der Waals surface area contributed by atoms with Crippen LogP contribution in [0.15, 0.2) is 55.0 Å². The van der Waals surface area contributed by atoms with Gasteiger partial charge >= 0.3 is 6.18 Å². The Morgan fingerprint density at radius 2 is 1.84 bits per heavy atom. The minimum atomic E-state index is -4.47. The van der Waals surface area contributed by atoms with Crippen molar-refractivity contribution in [1.82, 2.24) is 20.2 Å². The summed E-state index contributed by atoms with van der Waals surface area (Å²) in [6.07, 6.45) is -1.84. The highest BCUT2D eigenvalue weighted by molar-refractivity contribution is 6.33. The second kappa shape index (κ2) is 8.65. The Morgan fingerprint density at radius 1 is 1.03 bits per heavy atom. The Balaban J connectivity index is 1.64. The van der Waals surface area contributed by atoms with Crippen LogP contribution >= 0.6 is 11.6 Å². The van der Waals surface area contributed by atoms with Crippen molar-refractivity contribution in [2.75, 3.05) is 11.9 Å². The standard InChI is InChI=1S/C21H15ClF3N5O2/c22-16-6-13(17(32)10-31)7-27-19(16)11-1-3-15-12(5-11)8-28-30-20(15)29-18-4-2-14(9-26-18)21(23,24)25/h1-9,17,31-32H,10H2,(H,26,29,30)/t17-/m1/s1. The highest BCUT2D eigenvalue weighted by Gasteiger charge is 2.30. The van der Waals surface area contributed by atoms with Crippen molar-refractivity contribution >= 4 is 34.0 Å². The summed E-state index contributed by atoms with van der Waals surface area (Å²) >= 11 is 6.32. The number of hydrogen-bond acceptors (Lipinski definition) is 7. The van der Waals surface area contributed by atoms with Crippen LogP contribution < -0.4 is 5.32 Å². The van der Waals surface area contributed by atoms with Gasteiger partial charge in [-0.15, -0.1) is 5.10 Å². The predicted octanol–water partition coefficient (Wildman–Crippen LogP) is 4.53. The summed E-state index contributed by atoms with van der Waals surface area (Å²) in [5.41, 5.74) is 0.694. The van der Waals surface area contributed by atoms with Crippen molar-refractivity contribution in [3.05, 3.63) is 71.1 Å². The summed E-state index contributed by atoms with van der Waals surface area (Å²) in [6, 6.07) is 8.96. The van der Waals surface area contributed by atoms with Gasteiger partial charge in [-0.25, -0.2) is 4.98 Å². The molecule has 32 heavy (non-hydrogen) atoms. The zero-order valence-electron chi connectivity index (χ0n) is 16.2. The molecule has 0 aliphatic heterocycles. The van der Waals surface area contributed by atoms with E-state index in [1.165, 1.54) is 24.5 Å². The quantitative estimate of drug-likeness (QED) is 0.401. The van der Waals surface area contributed by atoms with Crippen LogP contribution in [-0.2, 0) is 6.18 Å². The largest absolute Gasteiger partial charge is 0.417 e.